The van der Waals surface area contributed by atoms with Gasteiger partial charge in [-0.15, -0.1) is 0 Å². The average Bonchev–Trinajstić information content (AvgIpc) is 3.76. The number of hydrogen-bond acceptors (Lipinski definition) is 11. The van der Waals surface area contributed by atoms with Gasteiger partial charge in [0.25, 0.3) is 14.2 Å². The van der Waals surface area contributed by atoms with Gasteiger partial charge in [0.05, 0.1) is 39.2 Å². The molecule has 0 unspecified atom stereocenters. The van der Waals surface area contributed by atoms with Gasteiger partial charge in [0.2, 0.25) is 12.7 Å². The first-order valence-corrected chi connectivity index (χ1v) is 20.2. The standard InChI is InChI=1S/C37H46N2O11Si/c1-37(2,3)51(6,7)50-34-27(45-4)13-20(14-28(34)46-5)31-21-15-25-26(49-19-48-25)16-22(21)33(23-18-47-36(44)32(23)31)38-24-17-29(40)39(35(24)43)12-10-8-9-11-30(41)42/h13-16,23,31-33H,8-12,17-19H2,1-7H3,(H,41,42)/t23-,31+,32-,33+/m0/s1. The Labute approximate surface area is 298 Å². The number of imide groups is 1. The predicted octanol–water partition coefficient (Wildman–Crippen LogP) is 5.64. The fourth-order valence-electron chi connectivity index (χ4n) is 7.09. The number of amides is 2. The number of cyclic esters (lactones) is 1. The molecule has 2 fully saturated rings. The lowest BCUT2D eigenvalue weighted by Crippen LogP contribution is -2.44. The van der Waals surface area contributed by atoms with Gasteiger partial charge in [-0.1, -0.05) is 27.2 Å². The molecule has 2 aromatic carbocycles. The van der Waals surface area contributed by atoms with Gasteiger partial charge in [-0.25, -0.2) is 0 Å². The molecule has 2 aromatic rings. The molecule has 274 valence electrons. The smallest absolute Gasteiger partial charge is 0.310 e. The molecule has 2 saturated heterocycles. The summed E-state index contributed by atoms with van der Waals surface area (Å²) in [6.07, 6.45) is 1.40. The van der Waals surface area contributed by atoms with Gasteiger partial charge in [0.15, 0.2) is 28.7 Å². The maximum absolute atomic E-state index is 13.7. The van der Waals surface area contributed by atoms with Crippen LogP contribution in [0.2, 0.25) is 18.1 Å². The number of carbonyl (C=O) groups is 4. The summed E-state index contributed by atoms with van der Waals surface area (Å²) in [6.45, 7) is 11.0. The van der Waals surface area contributed by atoms with Gasteiger partial charge in [-0.2, -0.15) is 0 Å². The summed E-state index contributed by atoms with van der Waals surface area (Å²) in [4.78, 5) is 57.2. The summed E-state index contributed by atoms with van der Waals surface area (Å²) in [5.41, 5.74) is 2.35. The lowest BCUT2D eigenvalue weighted by atomic mass is 9.65. The van der Waals surface area contributed by atoms with Gasteiger partial charge in [0, 0.05) is 24.8 Å². The molecule has 1 N–H and O–H groups in total. The minimum absolute atomic E-state index is 0.0342. The third kappa shape index (κ3) is 6.77. The van der Waals surface area contributed by atoms with Crippen molar-refractivity contribution in [3.8, 4) is 28.7 Å². The molecule has 0 saturated carbocycles. The summed E-state index contributed by atoms with van der Waals surface area (Å²) >= 11 is 0. The van der Waals surface area contributed by atoms with E-state index < -0.39 is 50.0 Å². The molecular formula is C37H46N2O11Si. The van der Waals surface area contributed by atoms with Gasteiger partial charge in [0.1, 0.15) is 5.71 Å². The maximum Gasteiger partial charge on any atom is 0.310 e. The number of aliphatic carboxylic acids is 1. The SMILES string of the molecule is COc1cc([C@@H]2c3cc4c(cc3[C@@H](N=C3CC(=O)N(CCCCCC(=O)O)C3=O)[C@H]3COC(=O)[C@H]23)OCO4)cc(OC)c1O[Si](C)(C)C(C)(C)C. The van der Waals surface area contributed by atoms with E-state index in [4.69, 9.17) is 38.2 Å². The van der Waals surface area contributed by atoms with Gasteiger partial charge in [-0.3, -0.25) is 29.1 Å². The zero-order valence-corrected chi connectivity index (χ0v) is 31.2. The van der Waals surface area contributed by atoms with Crippen LogP contribution in [-0.2, 0) is 23.9 Å². The second-order valence-electron chi connectivity index (χ2n) is 15.0. The number of carbonyl (C=O) groups excluding carboxylic acids is 3. The van der Waals surface area contributed by atoms with E-state index in [1.165, 1.54) is 4.90 Å². The Bertz CT molecular complexity index is 1760. The molecule has 0 spiro atoms. The molecule has 4 aliphatic rings. The van der Waals surface area contributed by atoms with E-state index >= 15 is 0 Å². The second kappa shape index (κ2) is 13.8. The molecule has 0 radical (unpaired) electrons. The van der Waals surface area contributed by atoms with E-state index in [2.05, 4.69) is 33.9 Å². The largest absolute Gasteiger partial charge is 0.539 e. The number of likely N-dealkylation sites (tertiary alicyclic amines) is 1. The number of nitrogens with zero attached hydrogens (tertiary/aromatic N) is 2. The highest BCUT2D eigenvalue weighted by Crippen LogP contribution is 2.57. The van der Waals surface area contributed by atoms with E-state index in [1.807, 2.05) is 24.3 Å². The van der Waals surface area contributed by atoms with E-state index in [0.717, 1.165) is 16.7 Å². The highest BCUT2D eigenvalue weighted by molar-refractivity contribution is 6.74. The fraction of sp³-hybridized carbons (Fsp3) is 0.541. The van der Waals surface area contributed by atoms with Crippen LogP contribution in [0.5, 0.6) is 28.7 Å². The number of carboxylic acids is 1. The molecule has 2 amide bonds. The van der Waals surface area contributed by atoms with Gasteiger partial charge < -0.3 is 33.2 Å². The highest BCUT2D eigenvalue weighted by atomic mass is 28.4. The number of benzene rings is 2. The molecule has 13 nitrogen and oxygen atoms in total. The molecule has 0 aromatic heterocycles. The van der Waals surface area contributed by atoms with Crippen molar-refractivity contribution >= 4 is 37.8 Å². The summed E-state index contributed by atoms with van der Waals surface area (Å²) in [5, 5.41) is 8.82. The number of methoxy groups -OCH3 is 2. The number of fused-ring (bicyclic) bond motifs is 3. The van der Waals surface area contributed by atoms with Crippen LogP contribution < -0.4 is 23.4 Å². The molecule has 4 atom stereocenters. The molecule has 0 bridgehead atoms. The van der Waals surface area contributed by atoms with Crippen LogP contribution in [0.4, 0.5) is 0 Å². The lowest BCUT2D eigenvalue weighted by Gasteiger charge is -2.39. The van der Waals surface area contributed by atoms with Crippen molar-refractivity contribution in [2.45, 2.75) is 83.0 Å². The van der Waals surface area contributed by atoms with Crippen molar-refractivity contribution in [3.63, 3.8) is 0 Å². The topological polar surface area (TPSA) is 159 Å². The van der Waals surface area contributed by atoms with Crippen molar-refractivity contribution in [2.24, 2.45) is 16.8 Å². The minimum atomic E-state index is -2.31. The number of esters is 1. The number of rotatable bonds is 12. The monoisotopic (exact) mass is 722 g/mol. The third-order valence-electron chi connectivity index (χ3n) is 10.8. The van der Waals surface area contributed by atoms with Crippen LogP contribution >= 0.6 is 0 Å². The van der Waals surface area contributed by atoms with Crippen molar-refractivity contribution in [2.75, 3.05) is 34.2 Å². The Hall–Kier alpha value is -4.59. The lowest BCUT2D eigenvalue weighted by molar-refractivity contribution is -0.142. The first kappa shape index (κ1) is 36.2. The van der Waals surface area contributed by atoms with Crippen LogP contribution in [0.15, 0.2) is 29.3 Å². The molecule has 1 aliphatic carbocycles. The zero-order chi connectivity index (χ0) is 36.8. The summed E-state index contributed by atoms with van der Waals surface area (Å²) in [6, 6.07) is 6.79. The molecule has 6 rings (SSSR count). The highest BCUT2D eigenvalue weighted by Gasteiger charge is 2.53. The number of carboxylic acid groups (broad SMARTS) is 1. The van der Waals surface area contributed by atoms with Crippen molar-refractivity contribution in [1.29, 1.82) is 0 Å². The molecule has 51 heavy (non-hydrogen) atoms. The summed E-state index contributed by atoms with van der Waals surface area (Å²) < 4.78 is 35.8. The Morgan fingerprint density at radius 1 is 0.961 bits per heavy atom. The predicted molar refractivity (Wildman–Crippen MR) is 187 cm³/mol. The van der Waals surface area contributed by atoms with Crippen molar-refractivity contribution in [3.05, 3.63) is 41.0 Å². The first-order valence-electron chi connectivity index (χ1n) is 17.3. The number of unbranched alkanes of at least 4 members (excludes halogenated alkanes) is 2. The molecular weight excluding hydrogens is 676 g/mol. The quantitative estimate of drug-likeness (QED) is 0.125. The van der Waals surface area contributed by atoms with E-state index in [-0.39, 0.29) is 49.4 Å². The van der Waals surface area contributed by atoms with E-state index in [0.29, 0.717) is 48.0 Å². The van der Waals surface area contributed by atoms with Crippen LogP contribution in [0.1, 0.15) is 81.5 Å². The van der Waals surface area contributed by atoms with Gasteiger partial charge >= 0.3 is 11.9 Å². The summed E-state index contributed by atoms with van der Waals surface area (Å²) in [7, 11) is 0.829. The number of aliphatic imine (C=N–C) groups is 1. The van der Waals surface area contributed by atoms with Gasteiger partial charge in [-0.05, 0) is 71.9 Å². The summed E-state index contributed by atoms with van der Waals surface area (Å²) in [5.74, 6) is -1.30. The van der Waals surface area contributed by atoms with Crippen LogP contribution in [0.3, 0.4) is 0 Å². The van der Waals surface area contributed by atoms with Crippen molar-refractivity contribution < 1.29 is 52.4 Å². The molecule has 14 heteroatoms. The number of ether oxygens (including phenoxy) is 5. The normalized spacial score (nSPS) is 23.3. The van der Waals surface area contributed by atoms with E-state index in [1.54, 1.807) is 14.2 Å². The first-order chi connectivity index (χ1) is 24.1. The Kier molecular flexibility index (Phi) is 9.83. The van der Waals surface area contributed by atoms with Crippen LogP contribution in [-0.4, -0.2) is 82.0 Å². The second-order valence-corrected chi connectivity index (χ2v) is 19.7. The fourth-order valence-corrected chi connectivity index (χ4v) is 8.11. The Balaban J connectivity index is 1.41. The average molecular weight is 723 g/mol. The molecule has 3 heterocycles. The zero-order valence-electron chi connectivity index (χ0n) is 30.2. The van der Waals surface area contributed by atoms with Crippen molar-refractivity contribution in [1.82, 2.24) is 4.90 Å². The Morgan fingerprint density at radius 2 is 1.61 bits per heavy atom. The van der Waals surface area contributed by atoms with Crippen LogP contribution in [0, 0.1) is 11.8 Å². The molecule has 3 aliphatic heterocycles. The number of hydrogen-bond donors (Lipinski definition) is 1. The minimum Gasteiger partial charge on any atom is -0.539 e. The maximum atomic E-state index is 13.7. The van der Waals surface area contributed by atoms with Crippen LogP contribution in [0.25, 0.3) is 0 Å². The van der Waals surface area contributed by atoms with E-state index in [9.17, 15) is 19.2 Å². The third-order valence-corrected chi connectivity index (χ3v) is 15.2. The Morgan fingerprint density at radius 3 is 2.22 bits per heavy atom.